The summed E-state index contributed by atoms with van der Waals surface area (Å²) in [6.45, 7) is 4.42. The van der Waals surface area contributed by atoms with E-state index in [1.54, 1.807) is 24.0 Å². The molecule has 2 amide bonds. The molecule has 0 radical (unpaired) electrons. The first-order valence-electron chi connectivity index (χ1n) is 10.9. The predicted molar refractivity (Wildman–Crippen MR) is 124 cm³/mol. The second-order valence-corrected chi connectivity index (χ2v) is 7.91. The lowest BCUT2D eigenvalue weighted by Crippen LogP contribution is -2.50. The molecular formula is C27H29FN2O2. The fourth-order valence-corrected chi connectivity index (χ4v) is 3.56. The molecule has 0 heterocycles. The Labute approximate surface area is 189 Å². The van der Waals surface area contributed by atoms with Crippen LogP contribution >= 0.6 is 0 Å². The molecule has 0 aliphatic carbocycles. The number of nitrogens with zero attached hydrogens (tertiary/aromatic N) is 1. The van der Waals surface area contributed by atoms with Crippen molar-refractivity contribution in [2.75, 3.05) is 0 Å². The van der Waals surface area contributed by atoms with Crippen LogP contribution in [-0.4, -0.2) is 22.8 Å². The Kier molecular flexibility index (Phi) is 8.14. The highest BCUT2D eigenvalue weighted by Crippen LogP contribution is 2.16. The van der Waals surface area contributed by atoms with Gasteiger partial charge in [0.15, 0.2) is 0 Å². The molecule has 0 bridgehead atoms. The van der Waals surface area contributed by atoms with E-state index < -0.39 is 6.04 Å². The molecule has 3 aromatic carbocycles. The van der Waals surface area contributed by atoms with Crippen LogP contribution in [0.3, 0.4) is 0 Å². The summed E-state index contributed by atoms with van der Waals surface area (Å²) in [5.41, 5.74) is 3.89. The summed E-state index contributed by atoms with van der Waals surface area (Å²) in [5.74, 6) is -0.669. The van der Waals surface area contributed by atoms with Gasteiger partial charge in [-0.2, -0.15) is 0 Å². The van der Waals surface area contributed by atoms with Crippen LogP contribution in [0.2, 0.25) is 0 Å². The summed E-state index contributed by atoms with van der Waals surface area (Å²) in [6.07, 6.45) is 0.672. The number of amides is 2. The maximum Gasteiger partial charge on any atom is 0.243 e. The topological polar surface area (TPSA) is 49.4 Å². The van der Waals surface area contributed by atoms with Crippen molar-refractivity contribution in [3.05, 3.63) is 107 Å². The van der Waals surface area contributed by atoms with E-state index in [4.69, 9.17) is 0 Å². The second kappa shape index (κ2) is 11.2. The summed E-state index contributed by atoms with van der Waals surface area (Å²) in [5, 5.41) is 3.00. The first-order chi connectivity index (χ1) is 15.5. The summed E-state index contributed by atoms with van der Waals surface area (Å²) >= 11 is 0. The maximum absolute atomic E-state index is 13.4. The van der Waals surface area contributed by atoms with Gasteiger partial charge in [0.25, 0.3) is 0 Å². The molecule has 0 saturated heterocycles. The third-order valence-electron chi connectivity index (χ3n) is 5.43. The number of nitrogens with one attached hydrogen (secondary N) is 1. The van der Waals surface area contributed by atoms with Gasteiger partial charge < -0.3 is 10.2 Å². The molecule has 32 heavy (non-hydrogen) atoms. The third kappa shape index (κ3) is 6.51. The zero-order chi connectivity index (χ0) is 22.9. The molecule has 4 nitrogen and oxygen atoms in total. The molecule has 0 spiro atoms. The highest BCUT2D eigenvalue weighted by Gasteiger charge is 2.29. The Morgan fingerprint density at radius 1 is 0.875 bits per heavy atom. The van der Waals surface area contributed by atoms with E-state index in [-0.39, 0.29) is 30.6 Å². The van der Waals surface area contributed by atoms with E-state index in [0.717, 1.165) is 22.3 Å². The molecule has 1 N–H and O–H groups in total. The number of halogens is 1. The fraction of sp³-hybridized carbons (Fsp3) is 0.259. The molecule has 0 saturated carbocycles. The zero-order valence-electron chi connectivity index (χ0n) is 18.6. The quantitative estimate of drug-likeness (QED) is 0.528. The molecule has 1 unspecified atom stereocenters. The lowest BCUT2D eigenvalue weighted by molar-refractivity contribution is -0.141. The van der Waals surface area contributed by atoms with Crippen LogP contribution < -0.4 is 5.32 Å². The number of carbonyl (C=O) groups is 2. The number of hydrogen-bond donors (Lipinski definition) is 1. The van der Waals surface area contributed by atoms with E-state index in [1.165, 1.54) is 12.1 Å². The molecule has 0 fully saturated rings. The highest BCUT2D eigenvalue weighted by atomic mass is 19.1. The van der Waals surface area contributed by atoms with Crippen molar-refractivity contribution in [2.45, 2.75) is 45.8 Å². The van der Waals surface area contributed by atoms with E-state index in [1.807, 2.05) is 61.5 Å². The van der Waals surface area contributed by atoms with Gasteiger partial charge >= 0.3 is 0 Å². The average molecular weight is 433 g/mol. The molecule has 0 aromatic heterocycles. The molecular weight excluding hydrogens is 403 g/mol. The Hall–Kier alpha value is -3.47. The molecule has 166 valence electrons. The van der Waals surface area contributed by atoms with Crippen LogP contribution in [0.1, 0.15) is 35.6 Å². The number of aryl methyl sites for hydroxylation is 1. The van der Waals surface area contributed by atoms with Gasteiger partial charge in [0.1, 0.15) is 11.9 Å². The summed E-state index contributed by atoms with van der Waals surface area (Å²) in [6, 6.07) is 23.0. The van der Waals surface area contributed by atoms with Crippen LogP contribution in [0.5, 0.6) is 0 Å². The van der Waals surface area contributed by atoms with Gasteiger partial charge in [-0.05, 0) is 35.7 Å². The lowest BCUT2D eigenvalue weighted by atomic mass is 10.0. The number of carbonyl (C=O) groups excluding carboxylic acids is 2. The summed E-state index contributed by atoms with van der Waals surface area (Å²) in [7, 11) is 0. The van der Waals surface area contributed by atoms with E-state index >= 15 is 0 Å². The molecule has 5 heteroatoms. The Morgan fingerprint density at radius 2 is 1.50 bits per heavy atom. The normalized spacial score (nSPS) is 11.6. The minimum atomic E-state index is -0.680. The number of rotatable bonds is 9. The second-order valence-electron chi connectivity index (χ2n) is 7.91. The third-order valence-corrected chi connectivity index (χ3v) is 5.43. The molecule has 3 rings (SSSR count). The van der Waals surface area contributed by atoms with Gasteiger partial charge in [0, 0.05) is 25.9 Å². The van der Waals surface area contributed by atoms with Crippen molar-refractivity contribution in [1.29, 1.82) is 0 Å². The van der Waals surface area contributed by atoms with Gasteiger partial charge in [0.2, 0.25) is 11.8 Å². The Bertz CT molecular complexity index is 1020. The molecule has 0 aliphatic heterocycles. The number of benzene rings is 3. The monoisotopic (exact) mass is 432 g/mol. The fourth-order valence-electron chi connectivity index (χ4n) is 3.56. The van der Waals surface area contributed by atoms with Gasteiger partial charge in [-0.1, -0.05) is 79.2 Å². The van der Waals surface area contributed by atoms with Crippen LogP contribution in [0.15, 0.2) is 78.9 Å². The largest absolute Gasteiger partial charge is 0.350 e. The van der Waals surface area contributed by atoms with Crippen molar-refractivity contribution in [3.8, 4) is 0 Å². The standard InChI is InChI=1S/C27H29FN2O2/c1-3-26(31)30(19-23-13-15-24(28)16-14-23)25(17-21-7-5-4-6-8-21)27(32)29-18-22-11-9-20(2)10-12-22/h4-16,25H,3,17-19H2,1-2H3,(H,29,32). The molecule has 1 atom stereocenters. The van der Waals surface area contributed by atoms with Gasteiger partial charge in [-0.3, -0.25) is 9.59 Å². The smallest absolute Gasteiger partial charge is 0.243 e. The first-order valence-corrected chi connectivity index (χ1v) is 10.9. The van der Waals surface area contributed by atoms with E-state index in [9.17, 15) is 14.0 Å². The molecule has 3 aromatic rings. The average Bonchev–Trinajstić information content (AvgIpc) is 2.82. The predicted octanol–water partition coefficient (Wildman–Crippen LogP) is 4.80. The Balaban J connectivity index is 1.84. The highest BCUT2D eigenvalue weighted by molar-refractivity contribution is 5.87. The van der Waals surface area contributed by atoms with E-state index in [2.05, 4.69) is 5.32 Å². The van der Waals surface area contributed by atoms with E-state index in [0.29, 0.717) is 13.0 Å². The van der Waals surface area contributed by atoms with Gasteiger partial charge in [-0.15, -0.1) is 0 Å². The number of hydrogen-bond acceptors (Lipinski definition) is 2. The molecule has 0 aliphatic rings. The van der Waals surface area contributed by atoms with Crippen LogP contribution in [0.4, 0.5) is 4.39 Å². The van der Waals surface area contributed by atoms with Crippen LogP contribution in [-0.2, 0) is 29.1 Å². The van der Waals surface area contributed by atoms with Crippen molar-refractivity contribution in [3.63, 3.8) is 0 Å². The van der Waals surface area contributed by atoms with Crippen molar-refractivity contribution >= 4 is 11.8 Å². The SMILES string of the molecule is CCC(=O)N(Cc1ccc(F)cc1)C(Cc1ccccc1)C(=O)NCc1ccc(C)cc1. The van der Waals surface area contributed by atoms with Gasteiger partial charge in [0.05, 0.1) is 0 Å². The van der Waals surface area contributed by atoms with Crippen LogP contribution in [0.25, 0.3) is 0 Å². The zero-order valence-corrected chi connectivity index (χ0v) is 18.6. The Morgan fingerprint density at radius 3 is 2.12 bits per heavy atom. The summed E-state index contributed by atoms with van der Waals surface area (Å²) < 4.78 is 13.4. The van der Waals surface area contributed by atoms with Crippen LogP contribution in [0, 0.1) is 12.7 Å². The summed E-state index contributed by atoms with van der Waals surface area (Å²) in [4.78, 5) is 27.8. The van der Waals surface area contributed by atoms with Crippen molar-refractivity contribution in [1.82, 2.24) is 10.2 Å². The van der Waals surface area contributed by atoms with Crippen molar-refractivity contribution in [2.24, 2.45) is 0 Å². The minimum Gasteiger partial charge on any atom is -0.350 e. The van der Waals surface area contributed by atoms with Crippen molar-refractivity contribution < 1.29 is 14.0 Å². The van der Waals surface area contributed by atoms with Gasteiger partial charge in [-0.25, -0.2) is 4.39 Å². The lowest BCUT2D eigenvalue weighted by Gasteiger charge is -2.31. The minimum absolute atomic E-state index is 0.124. The first kappa shape index (κ1) is 23.2. The maximum atomic E-state index is 13.4.